The fourth-order valence-corrected chi connectivity index (χ4v) is 5.72. The minimum atomic E-state index is 0.330. The molecular formula is C26H18BN. The quantitative estimate of drug-likeness (QED) is 0.365. The molecule has 0 saturated heterocycles. The highest BCUT2D eigenvalue weighted by atomic mass is 15.0. The monoisotopic (exact) mass is 355 g/mol. The maximum atomic E-state index is 2.52. The molecule has 130 valence electrons. The summed E-state index contributed by atoms with van der Waals surface area (Å²) in [6.45, 7) is 2.60. The van der Waals surface area contributed by atoms with Crippen LogP contribution in [0.4, 0.5) is 0 Å². The van der Waals surface area contributed by atoms with Crippen LogP contribution in [0.2, 0.25) is 0 Å². The van der Waals surface area contributed by atoms with Crippen LogP contribution in [0.15, 0.2) is 78.9 Å². The molecule has 1 nitrogen and oxygen atoms in total. The van der Waals surface area contributed by atoms with Gasteiger partial charge in [0.15, 0.2) is 0 Å². The first-order valence-electron chi connectivity index (χ1n) is 10.1. The lowest BCUT2D eigenvalue weighted by molar-refractivity contribution is 1.16. The van der Waals surface area contributed by atoms with E-state index in [2.05, 4.69) is 90.4 Å². The number of hydrogen-bond acceptors (Lipinski definition) is 0. The number of para-hydroxylation sites is 1. The molecular weight excluding hydrogens is 337 g/mol. The Morgan fingerprint density at radius 2 is 1.57 bits per heavy atom. The zero-order valence-electron chi connectivity index (χ0n) is 15.7. The van der Waals surface area contributed by atoms with E-state index < -0.39 is 0 Å². The zero-order valence-corrected chi connectivity index (χ0v) is 15.7. The van der Waals surface area contributed by atoms with Gasteiger partial charge in [0.2, 0.25) is 6.71 Å². The van der Waals surface area contributed by atoms with Gasteiger partial charge in [-0.2, -0.15) is 0 Å². The molecule has 28 heavy (non-hydrogen) atoms. The summed E-state index contributed by atoms with van der Waals surface area (Å²) < 4.78 is 2.52. The van der Waals surface area contributed by atoms with E-state index in [1.54, 1.807) is 0 Å². The zero-order chi connectivity index (χ0) is 18.4. The summed E-state index contributed by atoms with van der Waals surface area (Å²) in [7, 11) is 0. The molecule has 3 heterocycles. The molecule has 4 aromatic carbocycles. The van der Waals surface area contributed by atoms with Gasteiger partial charge in [-0.05, 0) is 47.5 Å². The number of hydrogen-bond donors (Lipinski definition) is 0. The lowest BCUT2D eigenvalue weighted by atomic mass is 9.32. The van der Waals surface area contributed by atoms with Crippen molar-refractivity contribution in [2.45, 2.75) is 13.3 Å². The number of benzene rings is 4. The van der Waals surface area contributed by atoms with Crippen LogP contribution in [0.1, 0.15) is 16.7 Å². The van der Waals surface area contributed by atoms with Crippen molar-refractivity contribution in [3.8, 4) is 5.69 Å². The summed E-state index contributed by atoms with van der Waals surface area (Å²) in [6.07, 6.45) is 1.03. The molecule has 0 unspecified atom stereocenters. The van der Waals surface area contributed by atoms with Crippen molar-refractivity contribution in [3.63, 3.8) is 0 Å². The van der Waals surface area contributed by atoms with Crippen molar-refractivity contribution in [1.82, 2.24) is 4.57 Å². The lowest BCUT2D eigenvalue weighted by Crippen LogP contribution is -2.60. The van der Waals surface area contributed by atoms with Crippen molar-refractivity contribution in [2.24, 2.45) is 0 Å². The summed E-state index contributed by atoms with van der Waals surface area (Å²) in [6, 6.07) is 29.4. The summed E-state index contributed by atoms with van der Waals surface area (Å²) in [4.78, 5) is 0. The lowest BCUT2D eigenvalue weighted by Gasteiger charge is -2.34. The van der Waals surface area contributed by atoms with E-state index >= 15 is 0 Å². The number of rotatable bonds is 0. The van der Waals surface area contributed by atoms with Crippen LogP contribution in [0.3, 0.4) is 0 Å². The fraction of sp³-hybridized carbons (Fsp3) is 0.0769. The molecule has 2 aliphatic rings. The summed E-state index contributed by atoms with van der Waals surface area (Å²) in [5.41, 5.74) is 12.9. The van der Waals surface area contributed by atoms with Crippen molar-refractivity contribution in [3.05, 3.63) is 95.6 Å². The van der Waals surface area contributed by atoms with Gasteiger partial charge in [0.25, 0.3) is 0 Å². The van der Waals surface area contributed by atoms with Gasteiger partial charge in [0, 0.05) is 22.0 Å². The van der Waals surface area contributed by atoms with E-state index in [1.165, 1.54) is 60.6 Å². The Balaban J connectivity index is 1.78. The van der Waals surface area contributed by atoms with Gasteiger partial charge < -0.3 is 4.57 Å². The highest BCUT2D eigenvalue weighted by Gasteiger charge is 2.39. The predicted molar refractivity (Wildman–Crippen MR) is 119 cm³/mol. The molecule has 2 aliphatic heterocycles. The third-order valence-corrected chi connectivity index (χ3v) is 6.83. The largest absolute Gasteiger partial charge is 0.310 e. The Hall–Kier alpha value is -3.26. The minimum absolute atomic E-state index is 0.330. The van der Waals surface area contributed by atoms with Gasteiger partial charge in [0.1, 0.15) is 0 Å². The number of aromatic nitrogens is 1. The van der Waals surface area contributed by atoms with Crippen molar-refractivity contribution >= 4 is 44.9 Å². The van der Waals surface area contributed by atoms with Gasteiger partial charge in [0.05, 0.1) is 5.52 Å². The first kappa shape index (κ1) is 14.8. The topological polar surface area (TPSA) is 4.93 Å². The SMILES string of the molecule is Cc1cccc2c1B1c3ccccc3Cc3ccc4c5ccccc5n-2c4c31. The van der Waals surface area contributed by atoms with E-state index in [0.29, 0.717) is 6.71 Å². The standard InChI is InChI=1S/C26H18BN/c1-16-7-6-12-23-24(16)27-21-10-4-2-8-17(21)15-18-13-14-20-19-9-3-5-11-22(19)28(23)26(20)25(18)27/h2-14H,15H2,1H3. The first-order chi connectivity index (χ1) is 13.8. The molecule has 0 aliphatic carbocycles. The molecule has 0 saturated carbocycles. The third-order valence-electron chi connectivity index (χ3n) is 6.83. The Morgan fingerprint density at radius 3 is 2.54 bits per heavy atom. The van der Waals surface area contributed by atoms with Gasteiger partial charge in [-0.15, -0.1) is 0 Å². The highest BCUT2D eigenvalue weighted by Crippen LogP contribution is 2.35. The Kier molecular flexibility index (Phi) is 2.62. The van der Waals surface area contributed by atoms with E-state index in [1.807, 2.05) is 0 Å². The Labute approximate surface area is 164 Å². The van der Waals surface area contributed by atoms with Gasteiger partial charge in [-0.3, -0.25) is 0 Å². The molecule has 0 N–H and O–H groups in total. The van der Waals surface area contributed by atoms with E-state index in [0.717, 1.165) is 6.42 Å². The second kappa shape index (κ2) is 4.96. The Bertz CT molecular complexity index is 1460. The van der Waals surface area contributed by atoms with Crippen LogP contribution in [0, 0.1) is 6.92 Å². The van der Waals surface area contributed by atoms with Gasteiger partial charge in [-0.25, -0.2) is 0 Å². The molecule has 0 radical (unpaired) electrons. The molecule has 0 atom stereocenters. The van der Waals surface area contributed by atoms with Crippen molar-refractivity contribution in [1.29, 1.82) is 0 Å². The number of nitrogens with zero attached hydrogens (tertiary/aromatic N) is 1. The van der Waals surface area contributed by atoms with Gasteiger partial charge >= 0.3 is 0 Å². The summed E-state index contributed by atoms with van der Waals surface area (Å²) >= 11 is 0. The average molecular weight is 355 g/mol. The maximum Gasteiger partial charge on any atom is 0.247 e. The maximum absolute atomic E-state index is 2.52. The predicted octanol–water partition coefficient (Wildman–Crippen LogP) is 3.83. The smallest absolute Gasteiger partial charge is 0.247 e. The van der Waals surface area contributed by atoms with Crippen LogP contribution < -0.4 is 16.4 Å². The minimum Gasteiger partial charge on any atom is -0.310 e. The second-order valence-electron chi connectivity index (χ2n) is 8.20. The number of aryl methyl sites for hydroxylation is 1. The third kappa shape index (κ3) is 1.61. The van der Waals surface area contributed by atoms with Crippen molar-refractivity contribution in [2.75, 3.05) is 0 Å². The molecule has 0 amide bonds. The van der Waals surface area contributed by atoms with Crippen molar-refractivity contribution < 1.29 is 0 Å². The molecule has 1 aromatic heterocycles. The Morgan fingerprint density at radius 1 is 0.714 bits per heavy atom. The van der Waals surface area contributed by atoms with E-state index in [4.69, 9.17) is 0 Å². The number of fused-ring (bicyclic) bond motifs is 8. The molecule has 0 fully saturated rings. The van der Waals surface area contributed by atoms with Crippen LogP contribution in [-0.2, 0) is 6.42 Å². The van der Waals surface area contributed by atoms with Gasteiger partial charge in [-0.1, -0.05) is 77.8 Å². The normalized spacial score (nSPS) is 13.7. The first-order valence-corrected chi connectivity index (χ1v) is 10.1. The highest BCUT2D eigenvalue weighted by molar-refractivity contribution is 6.99. The molecule has 7 rings (SSSR count). The summed E-state index contributed by atoms with van der Waals surface area (Å²) in [5.74, 6) is 0. The fourth-order valence-electron chi connectivity index (χ4n) is 5.72. The van der Waals surface area contributed by atoms with Crippen LogP contribution in [0.5, 0.6) is 0 Å². The summed E-state index contributed by atoms with van der Waals surface area (Å²) in [5, 5.41) is 2.73. The molecule has 0 spiro atoms. The molecule has 2 heteroatoms. The van der Waals surface area contributed by atoms with Crippen LogP contribution in [-0.4, -0.2) is 11.3 Å². The average Bonchev–Trinajstić information content (AvgIpc) is 3.08. The molecule has 5 aromatic rings. The van der Waals surface area contributed by atoms with E-state index in [-0.39, 0.29) is 0 Å². The van der Waals surface area contributed by atoms with Crippen LogP contribution >= 0.6 is 0 Å². The van der Waals surface area contributed by atoms with E-state index in [9.17, 15) is 0 Å². The second-order valence-corrected chi connectivity index (χ2v) is 8.20. The molecule has 0 bridgehead atoms. The van der Waals surface area contributed by atoms with Crippen LogP contribution in [0.25, 0.3) is 27.5 Å².